The Morgan fingerprint density at radius 2 is 2.17 bits per heavy atom. The summed E-state index contributed by atoms with van der Waals surface area (Å²) in [5.41, 5.74) is 4.96. The molecule has 2 atom stereocenters. The highest BCUT2D eigenvalue weighted by Crippen LogP contribution is 2.41. The van der Waals surface area contributed by atoms with Crippen molar-refractivity contribution in [2.45, 2.75) is 37.3 Å². The van der Waals surface area contributed by atoms with E-state index in [2.05, 4.69) is 9.71 Å². The molecular weight excluding hydrogens is 254 g/mol. The number of nitrogens with zero attached hydrogens (tertiary/aromatic N) is 1. The van der Waals surface area contributed by atoms with Gasteiger partial charge in [-0.05, 0) is 18.6 Å². The summed E-state index contributed by atoms with van der Waals surface area (Å²) in [6.45, 7) is 3.66. The molecule has 1 aliphatic rings. The van der Waals surface area contributed by atoms with Crippen LogP contribution in [0.3, 0.4) is 0 Å². The van der Waals surface area contributed by atoms with Crippen LogP contribution >= 0.6 is 0 Å². The Morgan fingerprint density at radius 1 is 1.50 bits per heavy atom. The maximum absolute atomic E-state index is 12.1. The number of hydrogen-bond donors (Lipinski definition) is 3. The fourth-order valence-electron chi connectivity index (χ4n) is 1.91. The van der Waals surface area contributed by atoms with Crippen molar-refractivity contribution in [3.05, 3.63) is 18.3 Å². The van der Waals surface area contributed by atoms with Gasteiger partial charge in [-0.25, -0.2) is 18.1 Å². The second-order valence-electron chi connectivity index (χ2n) is 5.17. The lowest BCUT2D eigenvalue weighted by molar-refractivity contribution is -0.0645. The molecule has 4 N–H and O–H groups in total. The van der Waals surface area contributed by atoms with Gasteiger partial charge in [-0.1, -0.05) is 13.8 Å². The van der Waals surface area contributed by atoms with E-state index in [1.54, 1.807) is 0 Å². The van der Waals surface area contributed by atoms with Gasteiger partial charge >= 0.3 is 0 Å². The van der Waals surface area contributed by atoms with Gasteiger partial charge in [-0.15, -0.1) is 0 Å². The summed E-state index contributed by atoms with van der Waals surface area (Å²) in [6, 6.07) is 2.58. The number of anilines is 1. The first kappa shape index (κ1) is 13.3. The maximum Gasteiger partial charge on any atom is 0.242 e. The van der Waals surface area contributed by atoms with E-state index >= 15 is 0 Å². The van der Waals surface area contributed by atoms with Crippen LogP contribution in [0.2, 0.25) is 0 Å². The number of nitrogens with one attached hydrogen (secondary N) is 1. The van der Waals surface area contributed by atoms with Crippen molar-refractivity contribution in [2.75, 3.05) is 5.73 Å². The summed E-state index contributed by atoms with van der Waals surface area (Å²) >= 11 is 0. The van der Waals surface area contributed by atoms with E-state index in [9.17, 15) is 13.5 Å². The quantitative estimate of drug-likeness (QED) is 0.723. The average molecular weight is 271 g/mol. The van der Waals surface area contributed by atoms with E-state index in [0.29, 0.717) is 6.42 Å². The molecule has 0 amide bonds. The molecule has 1 heterocycles. The number of aliphatic hydroxyl groups is 1. The Bertz CT molecular complexity index is 539. The number of aliphatic hydroxyl groups excluding tert-OH is 1. The van der Waals surface area contributed by atoms with Crippen molar-refractivity contribution in [3.8, 4) is 0 Å². The number of pyridine rings is 1. The Hall–Kier alpha value is -1.18. The third kappa shape index (κ3) is 2.21. The summed E-state index contributed by atoms with van der Waals surface area (Å²) in [5.74, 6) is 0.272. The fourth-order valence-corrected chi connectivity index (χ4v) is 3.26. The second kappa shape index (κ2) is 4.18. The topological polar surface area (TPSA) is 105 Å². The monoisotopic (exact) mass is 271 g/mol. The standard InChI is InChI=1S/C11H17N3O3S/c1-11(2)8(5-9(11)15)14-18(16,17)7-3-4-10(12)13-6-7/h3-4,6,8-9,14-15H,5H2,1-2H3,(H2,12,13). The molecule has 7 heteroatoms. The average Bonchev–Trinajstić information content (AvgIpc) is 2.29. The first-order valence-corrected chi connectivity index (χ1v) is 7.14. The predicted molar refractivity (Wildman–Crippen MR) is 67.2 cm³/mol. The van der Waals surface area contributed by atoms with Gasteiger partial charge < -0.3 is 10.8 Å². The molecule has 100 valence electrons. The van der Waals surface area contributed by atoms with Gasteiger partial charge in [0, 0.05) is 17.7 Å². The Morgan fingerprint density at radius 3 is 2.61 bits per heavy atom. The Labute approximate surface area is 106 Å². The molecular formula is C11H17N3O3S. The molecule has 2 rings (SSSR count). The highest BCUT2D eigenvalue weighted by molar-refractivity contribution is 7.89. The third-order valence-electron chi connectivity index (χ3n) is 3.58. The lowest BCUT2D eigenvalue weighted by atomic mass is 9.65. The Balaban J connectivity index is 2.16. The molecule has 1 saturated carbocycles. The Kier molecular flexibility index (Phi) is 3.08. The van der Waals surface area contributed by atoms with Crippen LogP contribution in [0, 0.1) is 5.41 Å². The van der Waals surface area contributed by atoms with Gasteiger partial charge in [0.2, 0.25) is 10.0 Å². The first-order chi connectivity index (χ1) is 8.23. The van der Waals surface area contributed by atoms with Gasteiger partial charge in [-0.2, -0.15) is 0 Å². The zero-order valence-electron chi connectivity index (χ0n) is 10.3. The van der Waals surface area contributed by atoms with Crippen LogP contribution in [0.1, 0.15) is 20.3 Å². The zero-order chi connectivity index (χ0) is 13.6. The smallest absolute Gasteiger partial charge is 0.242 e. The van der Waals surface area contributed by atoms with Crippen LogP contribution in [0.4, 0.5) is 5.82 Å². The second-order valence-corrected chi connectivity index (χ2v) is 6.88. The molecule has 18 heavy (non-hydrogen) atoms. The van der Waals surface area contributed by atoms with E-state index in [4.69, 9.17) is 5.73 Å². The summed E-state index contributed by atoms with van der Waals surface area (Å²) in [5, 5.41) is 9.59. The minimum atomic E-state index is -3.61. The van der Waals surface area contributed by atoms with Crippen molar-refractivity contribution in [2.24, 2.45) is 5.41 Å². The van der Waals surface area contributed by atoms with Gasteiger partial charge in [0.05, 0.1) is 6.10 Å². The molecule has 1 aromatic rings. The SMILES string of the molecule is CC1(C)C(O)CC1NS(=O)(=O)c1ccc(N)nc1. The minimum absolute atomic E-state index is 0.0777. The number of aromatic nitrogens is 1. The van der Waals surface area contributed by atoms with Crippen LogP contribution in [0.15, 0.2) is 23.2 Å². The van der Waals surface area contributed by atoms with E-state index in [-0.39, 0.29) is 16.8 Å². The molecule has 6 nitrogen and oxygen atoms in total. The highest BCUT2D eigenvalue weighted by atomic mass is 32.2. The van der Waals surface area contributed by atoms with Gasteiger partial charge in [-0.3, -0.25) is 0 Å². The van der Waals surface area contributed by atoms with Crippen molar-refractivity contribution in [1.82, 2.24) is 9.71 Å². The number of nitrogen functional groups attached to an aromatic ring is 1. The molecule has 0 bridgehead atoms. The molecule has 0 spiro atoms. The summed E-state index contributed by atoms with van der Waals surface area (Å²) in [4.78, 5) is 3.83. The van der Waals surface area contributed by atoms with Crippen LogP contribution < -0.4 is 10.5 Å². The molecule has 0 saturated heterocycles. The first-order valence-electron chi connectivity index (χ1n) is 5.65. The van der Waals surface area contributed by atoms with Crippen LogP contribution in [0.5, 0.6) is 0 Å². The van der Waals surface area contributed by atoms with Crippen molar-refractivity contribution >= 4 is 15.8 Å². The van der Waals surface area contributed by atoms with E-state index in [1.165, 1.54) is 18.3 Å². The molecule has 1 fully saturated rings. The van der Waals surface area contributed by atoms with E-state index in [1.807, 2.05) is 13.8 Å². The summed E-state index contributed by atoms with van der Waals surface area (Å²) < 4.78 is 26.7. The lowest BCUT2D eigenvalue weighted by Crippen LogP contribution is -2.61. The largest absolute Gasteiger partial charge is 0.392 e. The van der Waals surface area contributed by atoms with E-state index < -0.39 is 21.5 Å². The molecule has 0 aromatic carbocycles. The predicted octanol–water partition coefficient (Wildman–Crippen LogP) is 0.101. The van der Waals surface area contributed by atoms with Crippen LogP contribution in [-0.2, 0) is 10.0 Å². The van der Waals surface area contributed by atoms with E-state index in [0.717, 1.165) is 0 Å². The molecule has 0 aliphatic heterocycles. The fraction of sp³-hybridized carbons (Fsp3) is 0.545. The normalized spacial score (nSPS) is 26.6. The van der Waals surface area contributed by atoms with Crippen LogP contribution in [-0.4, -0.2) is 30.7 Å². The zero-order valence-corrected chi connectivity index (χ0v) is 11.1. The molecule has 0 radical (unpaired) electrons. The lowest BCUT2D eigenvalue weighted by Gasteiger charge is -2.49. The maximum atomic E-state index is 12.1. The minimum Gasteiger partial charge on any atom is -0.392 e. The third-order valence-corrected chi connectivity index (χ3v) is 5.04. The highest BCUT2D eigenvalue weighted by Gasteiger charge is 2.48. The van der Waals surface area contributed by atoms with Crippen LogP contribution in [0.25, 0.3) is 0 Å². The molecule has 1 aliphatic carbocycles. The molecule has 2 unspecified atom stereocenters. The van der Waals surface area contributed by atoms with Gasteiger partial charge in [0.15, 0.2) is 0 Å². The van der Waals surface area contributed by atoms with Gasteiger partial charge in [0.25, 0.3) is 0 Å². The molecule has 1 aromatic heterocycles. The number of nitrogens with two attached hydrogens (primary N) is 1. The van der Waals surface area contributed by atoms with Crippen molar-refractivity contribution in [1.29, 1.82) is 0 Å². The van der Waals surface area contributed by atoms with Crippen molar-refractivity contribution in [3.63, 3.8) is 0 Å². The summed E-state index contributed by atoms with van der Waals surface area (Å²) in [6.07, 6.45) is 1.17. The van der Waals surface area contributed by atoms with Gasteiger partial charge in [0.1, 0.15) is 10.7 Å². The number of rotatable bonds is 3. The summed E-state index contributed by atoms with van der Waals surface area (Å²) in [7, 11) is -3.61. The number of hydrogen-bond acceptors (Lipinski definition) is 5. The van der Waals surface area contributed by atoms with Crippen molar-refractivity contribution < 1.29 is 13.5 Å². The number of sulfonamides is 1.